The molecule has 0 bridgehead atoms. The van der Waals surface area contributed by atoms with Crippen LogP contribution < -0.4 is 5.73 Å². The molecule has 0 unspecified atom stereocenters. The van der Waals surface area contributed by atoms with Crippen LogP contribution in [0.25, 0.3) is 0 Å². The van der Waals surface area contributed by atoms with Gasteiger partial charge in [-0.2, -0.15) is 0 Å². The van der Waals surface area contributed by atoms with Gasteiger partial charge in [-0.25, -0.2) is 17.5 Å². The van der Waals surface area contributed by atoms with E-state index in [1.165, 1.54) is 36.7 Å². The minimum Gasteiger partial charge on any atom is -0.465 e. The molecule has 124 valence electrons. The van der Waals surface area contributed by atoms with Crippen molar-refractivity contribution in [3.05, 3.63) is 29.3 Å². The molecule has 0 aromatic heterocycles. The van der Waals surface area contributed by atoms with Gasteiger partial charge in [-0.3, -0.25) is 0 Å². The highest BCUT2D eigenvalue weighted by Gasteiger charge is 2.28. The zero-order valence-electron chi connectivity index (χ0n) is 13.7. The summed E-state index contributed by atoms with van der Waals surface area (Å²) in [4.78, 5) is 11.7. The largest absolute Gasteiger partial charge is 0.465 e. The second-order valence-electron chi connectivity index (χ2n) is 6.10. The van der Waals surface area contributed by atoms with Gasteiger partial charge in [0, 0.05) is 13.6 Å². The first-order chi connectivity index (χ1) is 10.0. The number of hydrogen-bond acceptors (Lipinski definition) is 5. The minimum absolute atomic E-state index is 0.176. The maximum absolute atomic E-state index is 12.7. The molecule has 0 amide bonds. The van der Waals surface area contributed by atoms with Crippen LogP contribution in [0.3, 0.4) is 0 Å². The molecule has 0 saturated heterocycles. The van der Waals surface area contributed by atoms with E-state index in [2.05, 4.69) is 4.74 Å². The van der Waals surface area contributed by atoms with Gasteiger partial charge >= 0.3 is 5.97 Å². The van der Waals surface area contributed by atoms with Crippen LogP contribution in [-0.4, -0.2) is 45.9 Å². The summed E-state index contributed by atoms with van der Waals surface area (Å²) >= 11 is 0. The van der Waals surface area contributed by atoms with E-state index in [0.717, 1.165) is 0 Å². The Morgan fingerprint density at radius 2 is 1.95 bits per heavy atom. The van der Waals surface area contributed by atoms with Crippen LogP contribution in [-0.2, 0) is 14.8 Å². The Bertz CT molecular complexity index is 654. The molecule has 0 saturated carbocycles. The Labute approximate surface area is 132 Å². The fraction of sp³-hybridized carbons (Fsp3) is 0.533. The number of sulfonamides is 1. The van der Waals surface area contributed by atoms with Crippen molar-refractivity contribution in [1.29, 1.82) is 0 Å². The molecule has 0 heterocycles. The van der Waals surface area contributed by atoms with Gasteiger partial charge in [-0.05, 0) is 42.6 Å². The van der Waals surface area contributed by atoms with Crippen molar-refractivity contribution >= 4 is 16.0 Å². The van der Waals surface area contributed by atoms with E-state index in [4.69, 9.17) is 5.73 Å². The van der Waals surface area contributed by atoms with Crippen molar-refractivity contribution in [2.75, 3.05) is 27.2 Å². The van der Waals surface area contributed by atoms with Crippen LogP contribution in [0.5, 0.6) is 0 Å². The van der Waals surface area contributed by atoms with E-state index in [0.29, 0.717) is 24.2 Å². The first kappa shape index (κ1) is 18.6. The zero-order valence-corrected chi connectivity index (χ0v) is 14.5. The number of hydrogen-bond donors (Lipinski definition) is 1. The highest BCUT2D eigenvalue weighted by atomic mass is 32.2. The lowest BCUT2D eigenvalue weighted by atomic mass is 9.94. The van der Waals surface area contributed by atoms with Crippen LogP contribution in [0.4, 0.5) is 0 Å². The summed E-state index contributed by atoms with van der Waals surface area (Å²) in [7, 11) is -0.826. The van der Waals surface area contributed by atoms with Crippen LogP contribution >= 0.6 is 0 Å². The molecule has 0 fully saturated rings. The maximum Gasteiger partial charge on any atom is 0.337 e. The molecule has 1 rings (SSSR count). The number of aryl methyl sites for hydroxylation is 1. The highest BCUT2D eigenvalue weighted by molar-refractivity contribution is 7.89. The molecule has 1 aromatic carbocycles. The van der Waals surface area contributed by atoms with Crippen molar-refractivity contribution < 1.29 is 17.9 Å². The van der Waals surface area contributed by atoms with Crippen molar-refractivity contribution in [2.45, 2.75) is 25.7 Å². The number of nitrogens with zero attached hydrogens (tertiary/aromatic N) is 1. The number of carbonyl (C=O) groups excluding carboxylic acids is 1. The van der Waals surface area contributed by atoms with E-state index in [1.54, 1.807) is 6.92 Å². The summed E-state index contributed by atoms with van der Waals surface area (Å²) in [6.07, 6.45) is 0. The predicted molar refractivity (Wildman–Crippen MR) is 85.2 cm³/mol. The summed E-state index contributed by atoms with van der Waals surface area (Å²) < 4.78 is 31.3. The number of carbonyl (C=O) groups is 1. The molecule has 0 aliphatic heterocycles. The predicted octanol–water partition coefficient (Wildman–Crippen LogP) is 1.39. The fourth-order valence-corrected chi connectivity index (χ4v) is 3.66. The van der Waals surface area contributed by atoms with E-state index in [1.807, 2.05) is 13.8 Å². The quantitative estimate of drug-likeness (QED) is 0.797. The summed E-state index contributed by atoms with van der Waals surface area (Å²) in [5.74, 6) is -0.496. The lowest BCUT2D eigenvalue weighted by Crippen LogP contribution is -2.39. The Morgan fingerprint density at radius 1 is 1.36 bits per heavy atom. The zero-order chi connectivity index (χ0) is 17.1. The highest BCUT2D eigenvalue weighted by Crippen LogP contribution is 2.24. The average Bonchev–Trinajstić information content (AvgIpc) is 2.45. The lowest BCUT2D eigenvalue weighted by molar-refractivity contribution is 0.0600. The number of nitrogens with two attached hydrogens (primary N) is 1. The number of ether oxygens (including phenoxy) is 1. The first-order valence-electron chi connectivity index (χ1n) is 6.90. The maximum atomic E-state index is 12.7. The smallest absolute Gasteiger partial charge is 0.337 e. The molecule has 22 heavy (non-hydrogen) atoms. The van der Waals surface area contributed by atoms with Crippen molar-refractivity contribution in [1.82, 2.24) is 4.31 Å². The molecule has 0 atom stereocenters. The molecule has 2 N–H and O–H groups in total. The third kappa shape index (κ3) is 4.06. The van der Waals surface area contributed by atoms with E-state index in [-0.39, 0.29) is 10.3 Å². The average molecular weight is 328 g/mol. The molecule has 0 radical (unpaired) electrons. The summed E-state index contributed by atoms with van der Waals surface area (Å²) in [6.45, 7) is 6.16. The van der Waals surface area contributed by atoms with Crippen LogP contribution in [0, 0.1) is 12.3 Å². The van der Waals surface area contributed by atoms with Gasteiger partial charge in [0.15, 0.2) is 0 Å². The van der Waals surface area contributed by atoms with Crippen LogP contribution in [0.15, 0.2) is 23.1 Å². The van der Waals surface area contributed by atoms with Crippen LogP contribution in [0.1, 0.15) is 29.8 Å². The fourth-order valence-electron chi connectivity index (χ4n) is 2.10. The van der Waals surface area contributed by atoms with E-state index in [9.17, 15) is 13.2 Å². The standard InChI is InChI=1S/C15H24N2O4S/c1-11-8-12(14(18)21-5)6-7-13(11)22(19,20)17(4)10-15(2,3)9-16/h6-8H,9-10,16H2,1-5H3. The Morgan fingerprint density at radius 3 is 2.41 bits per heavy atom. The Balaban J connectivity index is 3.16. The number of rotatable bonds is 6. The SMILES string of the molecule is COC(=O)c1ccc(S(=O)(=O)N(C)CC(C)(C)CN)c(C)c1. The second kappa shape index (κ2) is 6.76. The molecule has 0 aliphatic carbocycles. The molecule has 0 aliphatic rings. The summed E-state index contributed by atoms with van der Waals surface area (Å²) in [5.41, 5.74) is 6.17. The molecule has 7 heteroatoms. The monoisotopic (exact) mass is 328 g/mol. The van der Waals surface area contributed by atoms with Crippen LogP contribution in [0.2, 0.25) is 0 Å². The van der Waals surface area contributed by atoms with Gasteiger partial charge in [-0.1, -0.05) is 13.8 Å². The number of methoxy groups -OCH3 is 1. The van der Waals surface area contributed by atoms with Gasteiger partial charge in [0.1, 0.15) is 0 Å². The molecular formula is C15H24N2O4S. The molecule has 0 spiro atoms. The molecule has 1 aromatic rings. The lowest BCUT2D eigenvalue weighted by Gasteiger charge is -2.28. The minimum atomic E-state index is -3.64. The normalized spacial score (nSPS) is 12.5. The van der Waals surface area contributed by atoms with E-state index >= 15 is 0 Å². The third-order valence-electron chi connectivity index (χ3n) is 3.49. The Kier molecular flexibility index (Phi) is 5.72. The van der Waals surface area contributed by atoms with Gasteiger partial charge in [0.05, 0.1) is 17.6 Å². The van der Waals surface area contributed by atoms with Crippen molar-refractivity contribution in [3.63, 3.8) is 0 Å². The number of benzene rings is 1. The van der Waals surface area contributed by atoms with Crippen molar-refractivity contribution in [2.24, 2.45) is 11.1 Å². The second-order valence-corrected chi connectivity index (χ2v) is 8.11. The molecular weight excluding hydrogens is 304 g/mol. The molecule has 6 nitrogen and oxygen atoms in total. The summed E-state index contributed by atoms with van der Waals surface area (Å²) in [6, 6.07) is 4.40. The van der Waals surface area contributed by atoms with Gasteiger partial charge in [0.25, 0.3) is 0 Å². The van der Waals surface area contributed by atoms with Gasteiger partial charge in [0.2, 0.25) is 10.0 Å². The third-order valence-corrected chi connectivity index (χ3v) is 5.45. The first-order valence-corrected chi connectivity index (χ1v) is 8.34. The van der Waals surface area contributed by atoms with Crippen molar-refractivity contribution in [3.8, 4) is 0 Å². The van der Waals surface area contributed by atoms with E-state index < -0.39 is 16.0 Å². The summed E-state index contributed by atoms with van der Waals surface area (Å²) in [5, 5.41) is 0. The Hall–Kier alpha value is -1.44. The van der Waals surface area contributed by atoms with Gasteiger partial charge < -0.3 is 10.5 Å². The van der Waals surface area contributed by atoms with Gasteiger partial charge in [-0.15, -0.1) is 0 Å². The number of esters is 1. The topological polar surface area (TPSA) is 89.7 Å².